The fourth-order valence-corrected chi connectivity index (χ4v) is 3.55. The Morgan fingerprint density at radius 1 is 1.45 bits per heavy atom. The number of carbonyl (C=O) groups is 1. The lowest BCUT2D eigenvalue weighted by Gasteiger charge is -2.24. The molecule has 20 heavy (non-hydrogen) atoms. The van der Waals surface area contributed by atoms with Crippen molar-refractivity contribution in [2.24, 2.45) is 5.92 Å². The van der Waals surface area contributed by atoms with Crippen LogP contribution in [0, 0.1) is 5.92 Å². The van der Waals surface area contributed by atoms with Gasteiger partial charge in [-0.05, 0) is 43.7 Å². The highest BCUT2D eigenvalue weighted by Crippen LogP contribution is 2.33. The van der Waals surface area contributed by atoms with Crippen molar-refractivity contribution in [3.8, 4) is 0 Å². The van der Waals surface area contributed by atoms with E-state index in [-0.39, 0.29) is 18.0 Å². The van der Waals surface area contributed by atoms with Crippen molar-refractivity contribution in [3.05, 3.63) is 30.1 Å². The Balaban J connectivity index is 1.57. The third kappa shape index (κ3) is 2.85. The van der Waals surface area contributed by atoms with Crippen molar-refractivity contribution in [2.75, 3.05) is 0 Å². The van der Waals surface area contributed by atoms with Gasteiger partial charge in [0.25, 0.3) is 0 Å². The monoisotopic (exact) mass is 273 g/mol. The SMILES string of the molecule is C[C@H](NC(=O)C1CC2CCCCC2N1)c1cccnc1. The van der Waals surface area contributed by atoms with Gasteiger partial charge in [0.1, 0.15) is 0 Å². The predicted molar refractivity (Wildman–Crippen MR) is 78.1 cm³/mol. The summed E-state index contributed by atoms with van der Waals surface area (Å²) >= 11 is 0. The predicted octanol–water partition coefficient (Wildman–Crippen LogP) is 2.18. The zero-order valence-electron chi connectivity index (χ0n) is 12.0. The van der Waals surface area contributed by atoms with Gasteiger partial charge in [-0.15, -0.1) is 0 Å². The molecule has 4 nitrogen and oxygen atoms in total. The van der Waals surface area contributed by atoms with Crippen LogP contribution in [0.15, 0.2) is 24.5 Å². The quantitative estimate of drug-likeness (QED) is 0.887. The number of nitrogens with zero attached hydrogens (tertiary/aromatic N) is 1. The molecule has 2 N–H and O–H groups in total. The van der Waals surface area contributed by atoms with Gasteiger partial charge in [0.05, 0.1) is 12.1 Å². The minimum atomic E-state index is -0.0118. The molecule has 1 aromatic rings. The Morgan fingerprint density at radius 2 is 2.30 bits per heavy atom. The average Bonchev–Trinajstić information content (AvgIpc) is 2.92. The number of fused-ring (bicyclic) bond motifs is 1. The van der Waals surface area contributed by atoms with E-state index in [4.69, 9.17) is 0 Å². The first-order valence-electron chi connectivity index (χ1n) is 7.70. The Hall–Kier alpha value is -1.42. The number of pyridine rings is 1. The van der Waals surface area contributed by atoms with Gasteiger partial charge in [0.15, 0.2) is 0 Å². The van der Waals surface area contributed by atoms with E-state index in [1.54, 1.807) is 6.20 Å². The Bertz CT molecular complexity index is 448. The van der Waals surface area contributed by atoms with Crippen molar-refractivity contribution >= 4 is 5.91 Å². The van der Waals surface area contributed by atoms with Crippen molar-refractivity contribution in [3.63, 3.8) is 0 Å². The van der Waals surface area contributed by atoms with Crippen LogP contribution in [0.4, 0.5) is 0 Å². The van der Waals surface area contributed by atoms with E-state index in [9.17, 15) is 4.79 Å². The topological polar surface area (TPSA) is 54.0 Å². The molecule has 3 unspecified atom stereocenters. The Labute approximate surface area is 120 Å². The molecular weight excluding hydrogens is 250 g/mol. The molecule has 1 amide bonds. The minimum Gasteiger partial charge on any atom is -0.348 e. The molecule has 1 saturated carbocycles. The smallest absolute Gasteiger partial charge is 0.237 e. The summed E-state index contributed by atoms with van der Waals surface area (Å²) in [6.07, 6.45) is 9.69. The van der Waals surface area contributed by atoms with Crippen LogP contribution in [0.2, 0.25) is 0 Å². The van der Waals surface area contributed by atoms with Gasteiger partial charge >= 0.3 is 0 Å². The van der Waals surface area contributed by atoms with Crippen molar-refractivity contribution in [2.45, 2.75) is 57.2 Å². The second kappa shape index (κ2) is 5.92. The normalized spacial score (nSPS) is 30.6. The van der Waals surface area contributed by atoms with Crippen LogP contribution in [-0.2, 0) is 4.79 Å². The molecule has 0 aromatic carbocycles. The Morgan fingerprint density at radius 3 is 3.05 bits per heavy atom. The molecule has 1 saturated heterocycles. The van der Waals surface area contributed by atoms with Crippen molar-refractivity contribution < 1.29 is 4.79 Å². The standard InChI is InChI=1S/C16H23N3O/c1-11(13-6-4-8-17-10-13)18-16(20)15-9-12-5-2-3-7-14(12)19-15/h4,6,8,10-12,14-15,19H,2-3,5,7,9H2,1H3,(H,18,20)/t11-,12?,14?,15?/m0/s1. The number of nitrogens with one attached hydrogen (secondary N) is 2. The lowest BCUT2D eigenvalue weighted by molar-refractivity contribution is -0.123. The van der Waals surface area contributed by atoms with Crippen LogP contribution in [0.25, 0.3) is 0 Å². The summed E-state index contributed by atoms with van der Waals surface area (Å²) in [6.45, 7) is 2.01. The summed E-state index contributed by atoms with van der Waals surface area (Å²) in [5.74, 6) is 0.837. The maximum Gasteiger partial charge on any atom is 0.237 e. The fraction of sp³-hybridized carbons (Fsp3) is 0.625. The number of amides is 1. The van der Waals surface area contributed by atoms with Gasteiger partial charge < -0.3 is 10.6 Å². The first-order chi connectivity index (χ1) is 9.74. The molecular formula is C16H23N3O. The van der Waals surface area contributed by atoms with E-state index in [0.29, 0.717) is 12.0 Å². The summed E-state index contributed by atoms with van der Waals surface area (Å²) < 4.78 is 0. The largest absolute Gasteiger partial charge is 0.348 e. The number of rotatable bonds is 3. The molecule has 1 aliphatic carbocycles. The molecule has 0 radical (unpaired) electrons. The molecule has 4 atom stereocenters. The van der Waals surface area contributed by atoms with Gasteiger partial charge in [-0.1, -0.05) is 18.9 Å². The van der Waals surface area contributed by atoms with E-state index in [1.807, 2.05) is 25.3 Å². The second-order valence-electron chi connectivity index (χ2n) is 6.12. The van der Waals surface area contributed by atoms with Crippen LogP contribution < -0.4 is 10.6 Å². The molecule has 2 fully saturated rings. The summed E-state index contributed by atoms with van der Waals surface area (Å²) in [5.41, 5.74) is 1.05. The van der Waals surface area contributed by atoms with Gasteiger partial charge in [-0.3, -0.25) is 9.78 Å². The van der Waals surface area contributed by atoms with Crippen molar-refractivity contribution in [1.29, 1.82) is 0 Å². The summed E-state index contributed by atoms with van der Waals surface area (Å²) in [4.78, 5) is 16.5. The lowest BCUT2D eigenvalue weighted by Crippen LogP contribution is -2.43. The Kier molecular flexibility index (Phi) is 4.01. The van der Waals surface area contributed by atoms with E-state index in [0.717, 1.165) is 12.0 Å². The molecule has 2 heterocycles. The first-order valence-corrected chi connectivity index (χ1v) is 7.70. The summed E-state index contributed by atoms with van der Waals surface area (Å²) in [5, 5.41) is 6.63. The van der Waals surface area contributed by atoms with Gasteiger partial charge in [-0.2, -0.15) is 0 Å². The zero-order valence-corrected chi connectivity index (χ0v) is 12.0. The first kappa shape index (κ1) is 13.6. The average molecular weight is 273 g/mol. The second-order valence-corrected chi connectivity index (χ2v) is 6.12. The van der Waals surface area contributed by atoms with Gasteiger partial charge in [0, 0.05) is 18.4 Å². The molecule has 0 bridgehead atoms. The molecule has 3 rings (SSSR count). The van der Waals surface area contributed by atoms with Crippen LogP contribution in [0.3, 0.4) is 0 Å². The molecule has 1 aromatic heterocycles. The van der Waals surface area contributed by atoms with E-state index < -0.39 is 0 Å². The van der Waals surface area contributed by atoms with E-state index >= 15 is 0 Å². The number of hydrogen-bond donors (Lipinski definition) is 2. The zero-order chi connectivity index (χ0) is 13.9. The lowest BCUT2D eigenvalue weighted by atomic mass is 9.85. The molecule has 108 valence electrons. The van der Waals surface area contributed by atoms with E-state index in [1.165, 1.54) is 25.7 Å². The highest BCUT2D eigenvalue weighted by Gasteiger charge is 2.38. The van der Waals surface area contributed by atoms with Crippen LogP contribution in [0.5, 0.6) is 0 Å². The summed E-state index contributed by atoms with van der Waals surface area (Å²) in [6, 6.07) is 4.47. The van der Waals surface area contributed by atoms with Gasteiger partial charge in [-0.25, -0.2) is 0 Å². The van der Waals surface area contributed by atoms with Crippen molar-refractivity contribution in [1.82, 2.24) is 15.6 Å². The molecule has 2 aliphatic rings. The number of hydrogen-bond acceptors (Lipinski definition) is 3. The third-order valence-corrected chi connectivity index (χ3v) is 4.72. The van der Waals surface area contributed by atoms with Gasteiger partial charge in [0.2, 0.25) is 5.91 Å². The van der Waals surface area contributed by atoms with Crippen LogP contribution >= 0.6 is 0 Å². The summed E-state index contributed by atoms with van der Waals surface area (Å²) in [7, 11) is 0. The minimum absolute atomic E-state index is 0.0118. The maximum atomic E-state index is 12.4. The number of carbonyl (C=O) groups excluding carboxylic acids is 1. The fourth-order valence-electron chi connectivity index (χ4n) is 3.55. The number of aromatic nitrogens is 1. The molecule has 1 aliphatic heterocycles. The van der Waals surface area contributed by atoms with Crippen LogP contribution in [0.1, 0.15) is 50.6 Å². The molecule has 0 spiro atoms. The highest BCUT2D eigenvalue weighted by molar-refractivity contribution is 5.82. The van der Waals surface area contributed by atoms with Crippen LogP contribution in [-0.4, -0.2) is 23.0 Å². The molecule has 4 heteroatoms. The van der Waals surface area contributed by atoms with E-state index in [2.05, 4.69) is 15.6 Å². The third-order valence-electron chi connectivity index (χ3n) is 4.72. The highest BCUT2D eigenvalue weighted by atomic mass is 16.2. The maximum absolute atomic E-state index is 12.4.